The number of ether oxygens (including phenoxy) is 2. The van der Waals surface area contributed by atoms with Gasteiger partial charge in [-0.05, 0) is 24.3 Å². The zero-order valence-corrected chi connectivity index (χ0v) is 23.3. The number of benzene rings is 6. The number of ketones is 2. The highest BCUT2D eigenvalue weighted by atomic mass is 16.5. The van der Waals surface area contributed by atoms with Crippen LogP contribution in [0.1, 0.15) is 52.6 Å². The largest absolute Gasteiger partial charge is 0.421 e. The first-order chi connectivity index (χ1) is 21.5. The van der Waals surface area contributed by atoms with Crippen molar-refractivity contribution in [3.05, 3.63) is 179 Å². The van der Waals surface area contributed by atoms with E-state index in [1.165, 1.54) is 0 Å². The molecule has 0 saturated heterocycles. The van der Waals surface area contributed by atoms with E-state index in [4.69, 9.17) is 9.47 Å². The average molecular weight is 577 g/mol. The number of hydrogen-bond donors (Lipinski definition) is 0. The maximum absolute atomic E-state index is 14.4. The summed E-state index contributed by atoms with van der Waals surface area (Å²) >= 11 is 0. The highest BCUT2D eigenvalue weighted by Crippen LogP contribution is 2.44. The van der Waals surface area contributed by atoms with Crippen LogP contribution in [0.25, 0.3) is 10.8 Å². The van der Waals surface area contributed by atoms with Gasteiger partial charge in [0.05, 0.1) is 16.7 Å². The number of hydrogen-bond acceptors (Lipinski definition) is 6. The summed E-state index contributed by atoms with van der Waals surface area (Å²) in [4.78, 5) is 55.7. The summed E-state index contributed by atoms with van der Waals surface area (Å²) in [5.74, 6) is -2.99. The van der Waals surface area contributed by atoms with Gasteiger partial charge >= 0.3 is 11.9 Å². The van der Waals surface area contributed by atoms with Gasteiger partial charge in [0, 0.05) is 21.9 Å². The second-order valence-corrected chi connectivity index (χ2v) is 9.86. The van der Waals surface area contributed by atoms with Gasteiger partial charge in [-0.3, -0.25) is 9.59 Å². The Morgan fingerprint density at radius 3 is 1.14 bits per heavy atom. The van der Waals surface area contributed by atoms with Crippen LogP contribution in [0.4, 0.5) is 0 Å². The Bertz CT molecular complexity index is 2000. The molecule has 0 spiro atoms. The van der Waals surface area contributed by atoms with E-state index in [-0.39, 0.29) is 39.3 Å². The van der Waals surface area contributed by atoms with Crippen molar-refractivity contribution in [3.8, 4) is 11.5 Å². The second kappa shape index (κ2) is 12.4. The summed E-state index contributed by atoms with van der Waals surface area (Å²) in [6.07, 6.45) is 0. The van der Waals surface area contributed by atoms with Crippen molar-refractivity contribution in [1.29, 1.82) is 0 Å². The maximum Gasteiger partial charge on any atom is 0.343 e. The van der Waals surface area contributed by atoms with Crippen molar-refractivity contribution in [2.45, 2.75) is 0 Å². The maximum atomic E-state index is 14.4. The minimum absolute atomic E-state index is 0.00475. The molecule has 0 unspecified atom stereocenters. The number of carbonyl (C=O) groups is 4. The molecule has 0 N–H and O–H groups in total. The highest BCUT2D eigenvalue weighted by Gasteiger charge is 2.33. The summed E-state index contributed by atoms with van der Waals surface area (Å²) in [6.45, 7) is 0. The van der Waals surface area contributed by atoms with Gasteiger partial charge in [-0.15, -0.1) is 0 Å². The number of fused-ring (bicyclic) bond motifs is 1. The monoisotopic (exact) mass is 576 g/mol. The Labute approximate surface area is 253 Å². The van der Waals surface area contributed by atoms with Gasteiger partial charge in [0.2, 0.25) is 5.78 Å². The molecule has 6 heteroatoms. The van der Waals surface area contributed by atoms with Crippen LogP contribution < -0.4 is 9.47 Å². The minimum atomic E-state index is -0.787. The molecule has 0 aliphatic carbocycles. The van der Waals surface area contributed by atoms with Crippen molar-refractivity contribution in [3.63, 3.8) is 0 Å². The fourth-order valence-corrected chi connectivity index (χ4v) is 4.94. The summed E-state index contributed by atoms with van der Waals surface area (Å²) in [7, 11) is 0. The first-order valence-electron chi connectivity index (χ1n) is 13.9. The third kappa shape index (κ3) is 5.52. The summed E-state index contributed by atoms with van der Waals surface area (Å²) in [5.41, 5.74) is 0.802. The van der Waals surface area contributed by atoms with Crippen molar-refractivity contribution >= 4 is 34.3 Å². The molecule has 0 aromatic heterocycles. The molecule has 0 aliphatic heterocycles. The fourth-order valence-electron chi connectivity index (χ4n) is 4.94. The minimum Gasteiger partial charge on any atom is -0.421 e. The molecule has 0 atom stereocenters. The third-order valence-electron chi connectivity index (χ3n) is 7.06. The van der Waals surface area contributed by atoms with E-state index in [1.807, 2.05) is 0 Å². The molecular weight excluding hydrogens is 552 g/mol. The molecule has 0 saturated carbocycles. The summed E-state index contributed by atoms with van der Waals surface area (Å²) < 4.78 is 12.0. The van der Waals surface area contributed by atoms with E-state index in [9.17, 15) is 19.2 Å². The molecule has 6 nitrogen and oxygen atoms in total. The van der Waals surface area contributed by atoms with Gasteiger partial charge in [-0.25, -0.2) is 9.59 Å². The molecule has 44 heavy (non-hydrogen) atoms. The van der Waals surface area contributed by atoms with Crippen LogP contribution in [0.5, 0.6) is 11.5 Å². The lowest BCUT2D eigenvalue weighted by Crippen LogP contribution is -2.19. The normalized spacial score (nSPS) is 10.6. The van der Waals surface area contributed by atoms with Gasteiger partial charge < -0.3 is 9.47 Å². The molecule has 6 rings (SSSR count). The third-order valence-corrected chi connectivity index (χ3v) is 7.06. The zero-order chi connectivity index (χ0) is 30.5. The van der Waals surface area contributed by atoms with Crippen molar-refractivity contribution in [2.75, 3.05) is 0 Å². The SMILES string of the molecule is O=C(Oc1c(C(=O)c2ccccc2)c(OC(=O)c2ccccc2)c2ccccc2c1C(=O)c1ccccc1)c1ccccc1. The van der Waals surface area contributed by atoms with Gasteiger partial charge in [-0.1, -0.05) is 121 Å². The van der Waals surface area contributed by atoms with E-state index in [1.54, 1.807) is 146 Å². The van der Waals surface area contributed by atoms with Crippen LogP contribution in [0.2, 0.25) is 0 Å². The van der Waals surface area contributed by atoms with E-state index in [0.29, 0.717) is 16.3 Å². The quantitative estimate of drug-likeness (QED) is 0.105. The van der Waals surface area contributed by atoms with Crippen LogP contribution in [-0.2, 0) is 0 Å². The van der Waals surface area contributed by atoms with E-state index in [0.717, 1.165) is 0 Å². The predicted molar refractivity (Wildman–Crippen MR) is 166 cm³/mol. The van der Waals surface area contributed by atoms with Crippen LogP contribution in [0.15, 0.2) is 146 Å². The first kappa shape index (κ1) is 28.0. The number of rotatable bonds is 8. The van der Waals surface area contributed by atoms with E-state index < -0.39 is 23.5 Å². The molecule has 0 amide bonds. The van der Waals surface area contributed by atoms with Crippen molar-refractivity contribution in [1.82, 2.24) is 0 Å². The Kier molecular flexibility index (Phi) is 7.88. The average Bonchev–Trinajstić information content (AvgIpc) is 3.09. The van der Waals surface area contributed by atoms with E-state index in [2.05, 4.69) is 0 Å². The van der Waals surface area contributed by atoms with Gasteiger partial charge in [0.1, 0.15) is 5.56 Å². The van der Waals surface area contributed by atoms with Gasteiger partial charge in [-0.2, -0.15) is 0 Å². The second-order valence-electron chi connectivity index (χ2n) is 9.86. The summed E-state index contributed by atoms with van der Waals surface area (Å²) in [5, 5.41) is 0.674. The van der Waals surface area contributed by atoms with E-state index >= 15 is 0 Å². The van der Waals surface area contributed by atoms with Crippen molar-refractivity contribution < 1.29 is 28.7 Å². The molecule has 0 bridgehead atoms. The fraction of sp³-hybridized carbons (Fsp3) is 0. The Hall–Kier alpha value is -6.14. The van der Waals surface area contributed by atoms with Crippen LogP contribution in [0.3, 0.4) is 0 Å². The van der Waals surface area contributed by atoms with Crippen molar-refractivity contribution in [2.24, 2.45) is 0 Å². The Balaban J connectivity index is 1.68. The number of esters is 2. The zero-order valence-electron chi connectivity index (χ0n) is 23.3. The van der Waals surface area contributed by atoms with Crippen LogP contribution >= 0.6 is 0 Å². The Morgan fingerprint density at radius 1 is 0.341 bits per heavy atom. The smallest absolute Gasteiger partial charge is 0.343 e. The summed E-state index contributed by atoms with van der Waals surface area (Å²) in [6, 6.07) is 40.2. The molecule has 0 fully saturated rings. The topological polar surface area (TPSA) is 86.7 Å². The molecule has 212 valence electrons. The van der Waals surface area contributed by atoms with Crippen LogP contribution in [0, 0.1) is 0 Å². The molecule has 6 aromatic carbocycles. The predicted octanol–water partition coefficient (Wildman–Crippen LogP) is 7.74. The van der Waals surface area contributed by atoms with Crippen LogP contribution in [-0.4, -0.2) is 23.5 Å². The van der Waals surface area contributed by atoms with Gasteiger partial charge in [0.25, 0.3) is 0 Å². The standard InChI is InChI=1S/C38H24O6/c39-33(25-15-5-1-6-16-25)31-29-23-13-14-24-30(29)35(43-37(41)27-19-9-3-10-20-27)32(34(40)26-17-7-2-8-18-26)36(31)44-38(42)28-21-11-4-12-22-28/h1-24H. The highest BCUT2D eigenvalue weighted by molar-refractivity contribution is 6.25. The molecule has 0 heterocycles. The lowest BCUT2D eigenvalue weighted by Gasteiger charge is -2.21. The lowest BCUT2D eigenvalue weighted by molar-refractivity contribution is 0.0730. The number of carbonyl (C=O) groups excluding carboxylic acids is 4. The molecule has 0 aliphatic rings. The molecular formula is C38H24O6. The van der Waals surface area contributed by atoms with Gasteiger partial charge in [0.15, 0.2) is 17.3 Å². The molecule has 0 radical (unpaired) electrons. The lowest BCUT2D eigenvalue weighted by atomic mass is 9.89. The first-order valence-corrected chi connectivity index (χ1v) is 13.9. The molecule has 6 aromatic rings. The Morgan fingerprint density at radius 2 is 0.682 bits per heavy atom.